The fourth-order valence-electron chi connectivity index (χ4n) is 5.30. The summed E-state index contributed by atoms with van der Waals surface area (Å²) >= 11 is 1.38. The molecule has 4 rings (SSSR count). The Balaban J connectivity index is 1.51. The third-order valence-electron chi connectivity index (χ3n) is 7.64. The van der Waals surface area contributed by atoms with Crippen molar-refractivity contribution in [2.45, 2.75) is 74.0 Å². The van der Waals surface area contributed by atoms with E-state index in [-0.39, 0.29) is 37.6 Å². The number of aliphatic hydroxyl groups excluding tert-OH is 1. The van der Waals surface area contributed by atoms with Crippen molar-refractivity contribution >= 4 is 35.4 Å². The molecule has 5 unspecified atom stereocenters. The molecule has 1 fully saturated rings. The summed E-state index contributed by atoms with van der Waals surface area (Å²) in [7, 11) is 0. The van der Waals surface area contributed by atoms with E-state index in [1.807, 2.05) is 105 Å². The van der Waals surface area contributed by atoms with Gasteiger partial charge in [-0.3, -0.25) is 24.5 Å². The van der Waals surface area contributed by atoms with Gasteiger partial charge in [0.05, 0.1) is 30.4 Å². The Kier molecular flexibility index (Phi) is 11.8. The number of thioether (sulfide) groups is 1. The summed E-state index contributed by atoms with van der Waals surface area (Å²) in [5.41, 5.74) is 7.93. The molecule has 1 heterocycles. The van der Waals surface area contributed by atoms with Crippen molar-refractivity contribution in [1.82, 2.24) is 21.3 Å². The van der Waals surface area contributed by atoms with Gasteiger partial charge in [0.15, 0.2) is 0 Å². The highest BCUT2D eigenvalue weighted by Gasteiger charge is 2.49. The van der Waals surface area contributed by atoms with Crippen molar-refractivity contribution in [3.8, 4) is 0 Å². The van der Waals surface area contributed by atoms with Crippen LogP contribution in [0.2, 0.25) is 0 Å². The number of nitrogens with one attached hydrogen (secondary N) is 4. The van der Waals surface area contributed by atoms with Gasteiger partial charge in [-0.25, -0.2) is 0 Å². The Morgan fingerprint density at radius 1 is 0.867 bits per heavy atom. The van der Waals surface area contributed by atoms with Crippen molar-refractivity contribution in [2.75, 3.05) is 0 Å². The second-order valence-electron chi connectivity index (χ2n) is 11.7. The molecule has 0 aliphatic carbocycles. The van der Waals surface area contributed by atoms with E-state index in [1.54, 1.807) is 0 Å². The van der Waals surface area contributed by atoms with Crippen LogP contribution in [-0.2, 0) is 38.6 Å². The van der Waals surface area contributed by atoms with Gasteiger partial charge in [0.2, 0.25) is 23.6 Å². The summed E-state index contributed by atoms with van der Waals surface area (Å²) < 4.78 is -0.706. The van der Waals surface area contributed by atoms with Crippen LogP contribution in [0.1, 0.15) is 37.0 Å². The van der Waals surface area contributed by atoms with Gasteiger partial charge in [-0.2, -0.15) is 0 Å². The van der Waals surface area contributed by atoms with E-state index in [4.69, 9.17) is 5.73 Å². The number of primary amides is 1. The standard InChI is InChI=1S/C34H41N5O5S/c1-34(2)30(32(44)37-25(26(40)20-27(35)41)18-22-12-6-3-7-13-22)39-33(45-34)29(31(43)36-21-24-16-10-5-11-17-24)38-28(42)19-23-14-8-4-9-15-23/h3-17,25-26,29-30,33,39-40H,18-21H2,1-2H3,(H2,35,41)(H,36,43)(H,37,44)(H,38,42). The number of benzene rings is 3. The van der Waals surface area contributed by atoms with E-state index in [0.29, 0.717) is 0 Å². The number of nitrogens with two attached hydrogens (primary N) is 1. The Hall–Kier alpha value is -4.19. The lowest BCUT2D eigenvalue weighted by molar-refractivity contribution is -0.129. The monoisotopic (exact) mass is 631 g/mol. The number of hydrogen-bond acceptors (Lipinski definition) is 7. The molecule has 5 atom stereocenters. The van der Waals surface area contributed by atoms with Crippen molar-refractivity contribution in [3.63, 3.8) is 0 Å². The summed E-state index contributed by atoms with van der Waals surface area (Å²) in [5, 5.41) is 22.2. The molecule has 238 valence electrons. The molecule has 0 saturated carbocycles. The molecule has 10 nitrogen and oxygen atoms in total. The molecular formula is C34H41N5O5S. The molecule has 1 saturated heterocycles. The first kappa shape index (κ1) is 33.7. The smallest absolute Gasteiger partial charge is 0.245 e. The highest BCUT2D eigenvalue weighted by Crippen LogP contribution is 2.39. The Bertz CT molecular complexity index is 1440. The van der Waals surface area contributed by atoms with E-state index in [0.717, 1.165) is 16.7 Å². The van der Waals surface area contributed by atoms with Crippen molar-refractivity contribution in [3.05, 3.63) is 108 Å². The first-order valence-corrected chi connectivity index (χ1v) is 15.8. The van der Waals surface area contributed by atoms with Gasteiger partial charge in [-0.1, -0.05) is 91.0 Å². The van der Waals surface area contributed by atoms with E-state index in [1.165, 1.54) is 11.8 Å². The number of hydrogen-bond donors (Lipinski definition) is 6. The lowest BCUT2D eigenvalue weighted by atomic mass is 9.96. The predicted octanol–water partition coefficient (Wildman–Crippen LogP) is 1.80. The second-order valence-corrected chi connectivity index (χ2v) is 13.5. The molecule has 0 radical (unpaired) electrons. The number of carbonyl (C=O) groups excluding carboxylic acids is 4. The fraction of sp³-hybridized carbons (Fsp3) is 0.353. The van der Waals surface area contributed by atoms with Crippen molar-refractivity contribution in [2.24, 2.45) is 5.73 Å². The normalized spacial score (nSPS) is 19.1. The summed E-state index contributed by atoms with van der Waals surface area (Å²) in [6.07, 6.45) is -1.14. The molecule has 4 amide bonds. The molecule has 7 N–H and O–H groups in total. The highest BCUT2D eigenvalue weighted by atomic mass is 32.2. The maximum Gasteiger partial charge on any atom is 0.245 e. The molecule has 0 aromatic heterocycles. The van der Waals surface area contributed by atoms with Gasteiger partial charge >= 0.3 is 0 Å². The van der Waals surface area contributed by atoms with Gasteiger partial charge in [0, 0.05) is 11.3 Å². The Morgan fingerprint density at radius 3 is 2.00 bits per heavy atom. The van der Waals surface area contributed by atoms with Gasteiger partial charge in [-0.05, 0) is 37.0 Å². The molecule has 0 spiro atoms. The molecule has 3 aromatic carbocycles. The van der Waals surface area contributed by atoms with Crippen LogP contribution >= 0.6 is 11.8 Å². The van der Waals surface area contributed by atoms with Crippen molar-refractivity contribution < 1.29 is 24.3 Å². The van der Waals surface area contributed by atoms with Gasteiger partial charge in [0.25, 0.3) is 0 Å². The van der Waals surface area contributed by atoms with Gasteiger partial charge < -0.3 is 26.8 Å². The van der Waals surface area contributed by atoms with Crippen LogP contribution in [0.25, 0.3) is 0 Å². The zero-order valence-electron chi connectivity index (χ0n) is 25.4. The third kappa shape index (κ3) is 9.90. The lowest BCUT2D eigenvalue weighted by Gasteiger charge is -2.29. The maximum atomic E-state index is 13.8. The van der Waals surface area contributed by atoms with Crippen LogP contribution < -0.4 is 27.0 Å². The van der Waals surface area contributed by atoms with E-state index in [2.05, 4.69) is 21.3 Å². The third-order valence-corrected chi connectivity index (χ3v) is 9.14. The van der Waals surface area contributed by atoms with E-state index >= 15 is 0 Å². The molecule has 0 bridgehead atoms. The molecule has 11 heteroatoms. The van der Waals surface area contributed by atoms with E-state index in [9.17, 15) is 24.3 Å². The zero-order chi connectivity index (χ0) is 32.4. The van der Waals surface area contributed by atoms with Gasteiger partial charge in [-0.15, -0.1) is 11.8 Å². The van der Waals surface area contributed by atoms with Crippen LogP contribution in [0.3, 0.4) is 0 Å². The first-order chi connectivity index (χ1) is 21.5. The highest BCUT2D eigenvalue weighted by molar-refractivity contribution is 8.01. The lowest BCUT2D eigenvalue weighted by Crippen LogP contribution is -2.59. The maximum absolute atomic E-state index is 13.8. The minimum atomic E-state index is -1.20. The SMILES string of the molecule is CC1(C)SC(C(NC(=O)Cc2ccccc2)C(=O)NCc2ccccc2)NC1C(=O)NC(Cc1ccccc1)C(O)CC(N)=O. The summed E-state index contributed by atoms with van der Waals surface area (Å²) in [6.45, 7) is 4.03. The predicted molar refractivity (Wildman–Crippen MR) is 175 cm³/mol. The summed E-state index contributed by atoms with van der Waals surface area (Å²) in [6, 6.07) is 25.4. The number of carbonyl (C=O) groups is 4. The average Bonchev–Trinajstić information content (AvgIpc) is 3.34. The van der Waals surface area contributed by atoms with Gasteiger partial charge in [0.1, 0.15) is 12.1 Å². The minimum absolute atomic E-state index is 0.0902. The molecule has 1 aliphatic heterocycles. The quantitative estimate of drug-likeness (QED) is 0.158. The number of amides is 4. The Morgan fingerprint density at radius 2 is 1.42 bits per heavy atom. The first-order valence-electron chi connectivity index (χ1n) is 14.9. The fourth-order valence-corrected chi connectivity index (χ4v) is 6.79. The molecule has 1 aliphatic rings. The van der Waals surface area contributed by atoms with Crippen LogP contribution in [0.4, 0.5) is 0 Å². The van der Waals surface area contributed by atoms with Crippen LogP contribution in [0.5, 0.6) is 0 Å². The second kappa shape index (κ2) is 15.7. The Labute approximate surface area is 267 Å². The topological polar surface area (TPSA) is 163 Å². The number of rotatable bonds is 14. The van der Waals surface area contributed by atoms with E-state index < -0.39 is 46.2 Å². The molecule has 3 aromatic rings. The number of aliphatic hydroxyl groups is 1. The zero-order valence-corrected chi connectivity index (χ0v) is 26.3. The average molecular weight is 632 g/mol. The molecular weight excluding hydrogens is 590 g/mol. The largest absolute Gasteiger partial charge is 0.390 e. The van der Waals surface area contributed by atoms with Crippen LogP contribution in [-0.4, -0.2) is 63.1 Å². The van der Waals surface area contributed by atoms with Crippen molar-refractivity contribution in [1.29, 1.82) is 0 Å². The minimum Gasteiger partial charge on any atom is -0.390 e. The van der Waals surface area contributed by atoms with Crippen LogP contribution in [0.15, 0.2) is 91.0 Å². The van der Waals surface area contributed by atoms with Crippen LogP contribution in [0, 0.1) is 0 Å². The summed E-state index contributed by atoms with van der Waals surface area (Å²) in [4.78, 5) is 52.1. The molecule has 45 heavy (non-hydrogen) atoms. The summed E-state index contributed by atoms with van der Waals surface area (Å²) in [5.74, 6) is -1.80.